The van der Waals surface area contributed by atoms with Gasteiger partial charge in [-0.3, -0.25) is 9.36 Å². The zero-order valence-corrected chi connectivity index (χ0v) is 25.5. The number of nitrogens with zero attached hydrogens (tertiary/aromatic N) is 3. The van der Waals surface area contributed by atoms with Crippen LogP contribution in [0.15, 0.2) is 65.6 Å². The van der Waals surface area contributed by atoms with Crippen molar-refractivity contribution in [2.45, 2.75) is 45.6 Å². The molecule has 3 aromatic heterocycles. The molecule has 2 N–H and O–H groups in total. The Morgan fingerprint density at radius 3 is 2.63 bits per heavy atom. The second kappa shape index (κ2) is 12.5. The molecule has 0 bridgehead atoms. The van der Waals surface area contributed by atoms with Crippen molar-refractivity contribution >= 4 is 71.2 Å². The highest BCUT2D eigenvalue weighted by molar-refractivity contribution is 7.59. The lowest BCUT2D eigenvalue weighted by molar-refractivity contribution is -0.119. The molecule has 1 aliphatic carbocycles. The molecule has 41 heavy (non-hydrogen) atoms. The standard InChI is InChI=1S/C30H28N4O4S.2H2S/c1-17-15-21(38-20-8-4-3-5-9-20)11-12-23(17)34-24-13-14-31-29-26(24)27(33-30(34)37)28(39-29)25(36)16-19-7-6-10-22(19)32-18(2)35;;/h3-5,8-9,11-15,19,22,36H,6-7,10,16H2,1-2H3,(H,32,35);2*1H2/t19-,22+;;/m1../s1. The molecular formula is C30H32N4O4S3. The number of amides is 1. The Labute approximate surface area is 255 Å². The van der Waals surface area contributed by atoms with Gasteiger partial charge in [0.1, 0.15) is 27.6 Å². The van der Waals surface area contributed by atoms with Gasteiger partial charge in [0.2, 0.25) is 5.91 Å². The number of hydrogen-bond donors (Lipinski definition) is 2. The maximum Gasteiger partial charge on any atom is 0.353 e. The van der Waals surface area contributed by atoms with E-state index in [0.29, 0.717) is 38.3 Å². The number of aromatic nitrogens is 3. The van der Waals surface area contributed by atoms with E-state index in [2.05, 4.69) is 15.3 Å². The van der Waals surface area contributed by atoms with E-state index in [9.17, 15) is 14.7 Å². The number of thiophene rings is 1. The van der Waals surface area contributed by atoms with Gasteiger partial charge in [-0.2, -0.15) is 32.0 Å². The van der Waals surface area contributed by atoms with E-state index in [1.54, 1.807) is 10.8 Å². The maximum atomic E-state index is 13.5. The van der Waals surface area contributed by atoms with Crippen LogP contribution in [0.5, 0.6) is 11.5 Å². The first-order valence-electron chi connectivity index (χ1n) is 13.0. The quantitative estimate of drug-likeness (QED) is 0.267. The summed E-state index contributed by atoms with van der Waals surface area (Å²) in [5, 5.41) is 15.0. The second-order valence-corrected chi connectivity index (χ2v) is 11.0. The summed E-state index contributed by atoms with van der Waals surface area (Å²) in [7, 11) is 0. The second-order valence-electron chi connectivity index (χ2n) is 10.0. The van der Waals surface area contributed by atoms with E-state index < -0.39 is 5.69 Å². The minimum Gasteiger partial charge on any atom is -0.511 e. The van der Waals surface area contributed by atoms with Crippen LogP contribution >= 0.6 is 38.3 Å². The highest BCUT2D eigenvalue weighted by Crippen LogP contribution is 2.33. The third kappa shape index (κ3) is 5.93. The Balaban J connectivity index is 0.00000194. The number of nitrogens with one attached hydrogen (secondary N) is 1. The predicted octanol–water partition coefficient (Wildman–Crippen LogP) is 5.40. The lowest BCUT2D eigenvalue weighted by Crippen LogP contribution is -2.36. The fourth-order valence-electron chi connectivity index (χ4n) is 5.60. The topological polar surface area (TPSA) is 106 Å². The summed E-state index contributed by atoms with van der Waals surface area (Å²) in [5.74, 6) is 1.66. The van der Waals surface area contributed by atoms with Crippen LogP contribution < -0.4 is 20.3 Å². The predicted molar refractivity (Wildman–Crippen MR) is 173 cm³/mol. The molecule has 3 heterocycles. The average Bonchev–Trinajstić information content (AvgIpc) is 3.50. The molecule has 1 aliphatic rings. The van der Waals surface area contributed by atoms with Crippen molar-refractivity contribution < 1.29 is 14.6 Å². The number of carbonyl (C=O) groups excluding carboxylic acids is 1. The summed E-state index contributed by atoms with van der Waals surface area (Å²) in [6.07, 6.45) is 4.91. The number of aliphatic hydroxyl groups excluding tert-OH is 1. The highest BCUT2D eigenvalue weighted by Gasteiger charge is 2.29. The molecule has 1 saturated carbocycles. The molecule has 0 radical (unpaired) electrons. The fourth-order valence-corrected chi connectivity index (χ4v) is 6.66. The SMILES string of the molecule is CC(=O)N[C@H]1CCC[C@@H]1CC(O)=c1sc2nccc3c2c1nc(=O)n3-c1ccc(Oc2ccccc2)cc1C.S.S. The van der Waals surface area contributed by atoms with E-state index >= 15 is 0 Å². The van der Waals surface area contributed by atoms with Crippen molar-refractivity contribution in [2.75, 3.05) is 0 Å². The summed E-state index contributed by atoms with van der Waals surface area (Å²) in [6.45, 7) is 3.45. The summed E-state index contributed by atoms with van der Waals surface area (Å²) < 4.78 is 8.12. The zero-order valence-electron chi connectivity index (χ0n) is 22.7. The van der Waals surface area contributed by atoms with Gasteiger partial charge >= 0.3 is 5.69 Å². The van der Waals surface area contributed by atoms with Crippen LogP contribution in [0.25, 0.3) is 32.7 Å². The fraction of sp³-hybridized carbons (Fsp3) is 0.267. The number of ether oxygens (including phenoxy) is 1. The molecule has 5 aromatic rings. The molecule has 11 heteroatoms. The Morgan fingerprint density at radius 1 is 1.12 bits per heavy atom. The van der Waals surface area contributed by atoms with Crippen molar-refractivity contribution in [3.05, 3.63) is 81.4 Å². The van der Waals surface area contributed by atoms with Crippen molar-refractivity contribution in [2.24, 2.45) is 5.92 Å². The Bertz CT molecular complexity index is 1820. The minimum absolute atomic E-state index is 0. The van der Waals surface area contributed by atoms with Crippen LogP contribution in [-0.4, -0.2) is 31.6 Å². The van der Waals surface area contributed by atoms with Crippen LogP contribution in [0.1, 0.15) is 38.2 Å². The number of para-hydroxylation sites is 1. The lowest BCUT2D eigenvalue weighted by atomic mass is 9.98. The summed E-state index contributed by atoms with van der Waals surface area (Å²) in [4.78, 5) is 34.8. The van der Waals surface area contributed by atoms with Gasteiger partial charge in [-0.1, -0.05) is 24.6 Å². The number of pyridine rings is 1. The van der Waals surface area contributed by atoms with Crippen molar-refractivity contribution in [3.63, 3.8) is 0 Å². The largest absolute Gasteiger partial charge is 0.511 e. The number of aliphatic hydroxyl groups is 1. The monoisotopic (exact) mass is 608 g/mol. The first-order valence-corrected chi connectivity index (χ1v) is 13.8. The van der Waals surface area contributed by atoms with Gasteiger partial charge in [-0.15, -0.1) is 11.3 Å². The molecule has 6 rings (SSSR count). The third-order valence-corrected chi connectivity index (χ3v) is 8.47. The van der Waals surface area contributed by atoms with Crippen LogP contribution in [0.2, 0.25) is 0 Å². The molecule has 0 spiro atoms. The van der Waals surface area contributed by atoms with Crippen LogP contribution in [0.3, 0.4) is 0 Å². The summed E-state index contributed by atoms with van der Waals surface area (Å²) in [6, 6.07) is 17.0. The first kappa shape index (κ1) is 30.4. The molecule has 2 atom stereocenters. The Kier molecular flexibility index (Phi) is 9.31. The smallest absolute Gasteiger partial charge is 0.353 e. The number of benzene rings is 2. The van der Waals surface area contributed by atoms with E-state index in [1.807, 2.05) is 61.5 Å². The number of rotatable bonds is 6. The molecular weight excluding hydrogens is 577 g/mol. The van der Waals surface area contributed by atoms with Crippen LogP contribution in [0.4, 0.5) is 0 Å². The molecule has 0 aliphatic heterocycles. The molecule has 214 valence electrons. The van der Waals surface area contributed by atoms with E-state index in [4.69, 9.17) is 4.74 Å². The van der Waals surface area contributed by atoms with E-state index in [-0.39, 0.29) is 50.6 Å². The van der Waals surface area contributed by atoms with Gasteiger partial charge in [-0.05, 0) is 67.6 Å². The Hall–Kier alpha value is -3.54. The molecule has 8 nitrogen and oxygen atoms in total. The molecule has 1 fully saturated rings. The minimum atomic E-state index is -0.431. The third-order valence-electron chi connectivity index (χ3n) is 7.34. The lowest BCUT2D eigenvalue weighted by Gasteiger charge is -2.19. The van der Waals surface area contributed by atoms with E-state index in [1.165, 1.54) is 18.3 Å². The summed E-state index contributed by atoms with van der Waals surface area (Å²) in [5.41, 5.74) is 2.27. The van der Waals surface area contributed by atoms with Crippen molar-refractivity contribution in [1.29, 1.82) is 0 Å². The van der Waals surface area contributed by atoms with Gasteiger partial charge in [0, 0.05) is 25.6 Å². The van der Waals surface area contributed by atoms with Crippen LogP contribution in [0, 0.1) is 12.8 Å². The highest BCUT2D eigenvalue weighted by atomic mass is 32.1. The molecule has 0 saturated heterocycles. The molecule has 1 amide bonds. The van der Waals surface area contributed by atoms with Crippen LogP contribution in [-0.2, 0) is 4.79 Å². The number of hydrogen-bond acceptors (Lipinski definition) is 7. The molecule has 0 unspecified atom stereocenters. The summed E-state index contributed by atoms with van der Waals surface area (Å²) >= 11 is 1.34. The van der Waals surface area contributed by atoms with Gasteiger partial charge in [0.25, 0.3) is 0 Å². The molecule has 2 aromatic carbocycles. The zero-order chi connectivity index (χ0) is 27.1. The Morgan fingerprint density at radius 2 is 1.90 bits per heavy atom. The van der Waals surface area contributed by atoms with Gasteiger partial charge in [0.15, 0.2) is 0 Å². The first-order chi connectivity index (χ1) is 18.9. The van der Waals surface area contributed by atoms with Gasteiger partial charge in [-0.25, -0.2) is 9.78 Å². The maximum absolute atomic E-state index is 13.5. The van der Waals surface area contributed by atoms with Crippen molar-refractivity contribution in [1.82, 2.24) is 19.9 Å². The normalized spacial score (nSPS) is 17.1. The van der Waals surface area contributed by atoms with E-state index in [0.717, 1.165) is 36.0 Å². The van der Waals surface area contributed by atoms with Gasteiger partial charge in [0.05, 0.1) is 21.1 Å². The van der Waals surface area contributed by atoms with Gasteiger partial charge < -0.3 is 15.2 Å². The number of carbonyl (C=O) groups is 1. The van der Waals surface area contributed by atoms with Crippen molar-refractivity contribution in [3.8, 4) is 17.2 Å². The average molecular weight is 609 g/mol. The number of aryl methyl sites for hydroxylation is 1.